The number of fused-ring (bicyclic) bond motifs is 1. The number of nitrogens with zero attached hydrogens (tertiary/aromatic N) is 3. The highest BCUT2D eigenvalue weighted by Gasteiger charge is 2.24. The number of thiophene rings is 1. The van der Waals surface area contributed by atoms with Gasteiger partial charge in [-0.3, -0.25) is 9.69 Å². The van der Waals surface area contributed by atoms with Gasteiger partial charge in [0.1, 0.15) is 0 Å². The van der Waals surface area contributed by atoms with E-state index in [4.69, 9.17) is 0 Å². The molecule has 0 aliphatic carbocycles. The highest BCUT2D eigenvalue weighted by molar-refractivity contribution is 7.12. The molecule has 5 nitrogen and oxygen atoms in total. The van der Waals surface area contributed by atoms with Gasteiger partial charge in [0.25, 0.3) is 5.91 Å². The van der Waals surface area contributed by atoms with Crippen molar-refractivity contribution in [3.63, 3.8) is 0 Å². The van der Waals surface area contributed by atoms with Crippen molar-refractivity contribution >= 4 is 17.2 Å². The van der Waals surface area contributed by atoms with Crippen molar-refractivity contribution in [1.82, 2.24) is 14.8 Å². The van der Waals surface area contributed by atoms with E-state index in [0.717, 1.165) is 31.7 Å². The van der Waals surface area contributed by atoms with E-state index in [9.17, 15) is 4.79 Å². The van der Waals surface area contributed by atoms with Crippen LogP contribution in [0.2, 0.25) is 0 Å². The first-order valence-corrected chi connectivity index (χ1v) is 8.84. The summed E-state index contributed by atoms with van der Waals surface area (Å²) in [6.45, 7) is 2.70. The Kier molecular flexibility index (Phi) is 4.15. The predicted molar refractivity (Wildman–Crippen MR) is 94.5 cm³/mol. The van der Waals surface area contributed by atoms with Gasteiger partial charge in [-0.25, -0.2) is 5.43 Å². The summed E-state index contributed by atoms with van der Waals surface area (Å²) >= 11 is 1.43. The zero-order valence-corrected chi connectivity index (χ0v) is 14.0. The Morgan fingerprint density at radius 3 is 2.83 bits per heavy atom. The molecule has 0 bridgehead atoms. The zero-order valence-electron chi connectivity index (χ0n) is 13.2. The monoisotopic (exact) mass is 338 g/mol. The minimum absolute atomic E-state index is 0.112. The van der Waals surface area contributed by atoms with Crippen LogP contribution in [0, 0.1) is 0 Å². The Morgan fingerprint density at radius 1 is 1.17 bits per heavy atom. The van der Waals surface area contributed by atoms with Gasteiger partial charge in [-0.2, -0.15) is 9.89 Å². The van der Waals surface area contributed by atoms with Crippen LogP contribution < -0.4 is 5.43 Å². The maximum absolute atomic E-state index is 12.2. The highest BCUT2D eigenvalue weighted by atomic mass is 32.1. The van der Waals surface area contributed by atoms with E-state index in [1.165, 1.54) is 22.5 Å². The van der Waals surface area contributed by atoms with E-state index < -0.39 is 0 Å². The van der Waals surface area contributed by atoms with Gasteiger partial charge in [0.05, 0.1) is 16.8 Å². The summed E-state index contributed by atoms with van der Waals surface area (Å²) < 4.78 is 0. The fraction of sp³-hybridized carbons (Fsp3) is 0.222. The lowest BCUT2D eigenvalue weighted by Crippen LogP contribution is -2.27. The van der Waals surface area contributed by atoms with Crippen LogP contribution in [-0.4, -0.2) is 27.2 Å². The molecule has 3 heterocycles. The molecule has 1 aliphatic heterocycles. The van der Waals surface area contributed by atoms with Gasteiger partial charge in [-0.15, -0.1) is 11.3 Å². The summed E-state index contributed by atoms with van der Waals surface area (Å²) in [6.07, 6.45) is 2.88. The molecular formula is C18H18N4OS. The van der Waals surface area contributed by atoms with Crippen LogP contribution in [0.5, 0.6) is 0 Å². The van der Waals surface area contributed by atoms with Crippen molar-refractivity contribution in [2.45, 2.75) is 19.5 Å². The van der Waals surface area contributed by atoms with Crippen molar-refractivity contribution in [1.29, 1.82) is 0 Å². The lowest BCUT2D eigenvalue weighted by Gasteiger charge is -2.15. The molecule has 0 fully saturated rings. The van der Waals surface area contributed by atoms with Crippen LogP contribution in [0.15, 0.2) is 54.0 Å². The molecule has 122 valence electrons. The highest BCUT2D eigenvalue weighted by Crippen LogP contribution is 2.22. The number of rotatable bonds is 5. The summed E-state index contributed by atoms with van der Waals surface area (Å²) in [5.41, 5.74) is 6.48. The lowest BCUT2D eigenvalue weighted by molar-refractivity contribution is 0.101. The molecule has 0 atom stereocenters. The van der Waals surface area contributed by atoms with E-state index in [-0.39, 0.29) is 5.91 Å². The number of amides is 1. The molecule has 6 heteroatoms. The lowest BCUT2D eigenvalue weighted by atomic mass is 10.1. The van der Waals surface area contributed by atoms with Gasteiger partial charge in [0, 0.05) is 25.2 Å². The number of benzene rings is 1. The Bertz CT molecular complexity index is 826. The molecule has 1 N–H and O–H groups in total. The Hall–Kier alpha value is -2.44. The largest absolute Gasteiger partial charge is 0.293 e. The molecule has 2 aromatic heterocycles. The number of aromatic nitrogens is 2. The number of carbonyl (C=O) groups excluding carboxylic acids is 1. The third kappa shape index (κ3) is 3.11. The molecule has 3 aromatic rings. The van der Waals surface area contributed by atoms with Crippen LogP contribution in [0.3, 0.4) is 0 Å². The molecule has 0 spiro atoms. The van der Waals surface area contributed by atoms with E-state index in [2.05, 4.69) is 39.7 Å². The molecular weight excluding hydrogens is 320 g/mol. The normalized spacial score (nSPS) is 13.8. The average Bonchev–Trinajstić information content (AvgIpc) is 3.32. The second kappa shape index (κ2) is 6.59. The maximum Gasteiger partial charge on any atom is 0.281 e. The van der Waals surface area contributed by atoms with E-state index in [1.807, 2.05) is 29.8 Å². The minimum Gasteiger partial charge on any atom is -0.293 e. The third-order valence-electron chi connectivity index (χ3n) is 4.23. The fourth-order valence-corrected chi connectivity index (χ4v) is 3.58. The third-order valence-corrected chi connectivity index (χ3v) is 5.10. The van der Waals surface area contributed by atoms with Crippen molar-refractivity contribution in [3.05, 3.63) is 75.7 Å². The molecule has 1 aromatic carbocycles. The Balaban J connectivity index is 1.38. The second-order valence-electron chi connectivity index (χ2n) is 5.89. The molecule has 0 unspecified atom stereocenters. The summed E-state index contributed by atoms with van der Waals surface area (Å²) in [6, 6.07) is 14.2. The quantitative estimate of drug-likeness (QED) is 0.778. The van der Waals surface area contributed by atoms with Crippen LogP contribution in [-0.2, 0) is 19.5 Å². The van der Waals surface area contributed by atoms with E-state index in [0.29, 0.717) is 4.88 Å². The fourth-order valence-electron chi connectivity index (χ4n) is 2.96. The van der Waals surface area contributed by atoms with Crippen LogP contribution >= 0.6 is 11.3 Å². The molecule has 4 rings (SSSR count). The minimum atomic E-state index is -0.112. The Morgan fingerprint density at radius 2 is 2.04 bits per heavy atom. The first-order chi connectivity index (χ1) is 11.8. The van der Waals surface area contributed by atoms with Crippen LogP contribution in [0.1, 0.15) is 26.5 Å². The standard InChI is InChI=1S/C18H18N4OS/c23-18(17-7-4-10-24-17)20-22-16-13-21(12-15(16)11-19-22)9-8-14-5-2-1-3-6-14/h1-7,10-11H,8-9,12-13H2,(H,20,23). The van der Waals surface area contributed by atoms with Crippen molar-refractivity contribution in [3.8, 4) is 0 Å². The SMILES string of the molecule is O=C(Nn1ncc2c1CN(CCc1ccccc1)C2)c1cccs1. The van der Waals surface area contributed by atoms with Crippen LogP contribution in [0.25, 0.3) is 0 Å². The molecule has 0 saturated heterocycles. The van der Waals surface area contributed by atoms with Crippen molar-refractivity contribution in [2.24, 2.45) is 0 Å². The molecule has 1 amide bonds. The number of nitrogens with one attached hydrogen (secondary N) is 1. The number of hydrogen-bond acceptors (Lipinski definition) is 4. The summed E-state index contributed by atoms with van der Waals surface area (Å²) in [7, 11) is 0. The summed E-state index contributed by atoms with van der Waals surface area (Å²) in [5, 5.41) is 6.20. The first kappa shape index (κ1) is 15.1. The van der Waals surface area contributed by atoms with E-state index >= 15 is 0 Å². The predicted octanol–water partition coefficient (Wildman–Crippen LogP) is 2.89. The second-order valence-corrected chi connectivity index (χ2v) is 6.84. The van der Waals surface area contributed by atoms with Gasteiger partial charge in [0.2, 0.25) is 0 Å². The first-order valence-electron chi connectivity index (χ1n) is 7.96. The molecule has 24 heavy (non-hydrogen) atoms. The van der Waals surface area contributed by atoms with Gasteiger partial charge < -0.3 is 0 Å². The molecule has 0 saturated carbocycles. The maximum atomic E-state index is 12.2. The van der Waals surface area contributed by atoms with Crippen molar-refractivity contribution in [2.75, 3.05) is 12.0 Å². The smallest absolute Gasteiger partial charge is 0.281 e. The zero-order chi connectivity index (χ0) is 16.4. The topological polar surface area (TPSA) is 50.2 Å². The Labute approximate surface area is 144 Å². The molecule has 1 aliphatic rings. The van der Waals surface area contributed by atoms with Gasteiger partial charge in [-0.05, 0) is 23.4 Å². The molecule has 0 radical (unpaired) electrons. The average molecular weight is 338 g/mol. The van der Waals surface area contributed by atoms with E-state index in [1.54, 1.807) is 4.79 Å². The number of hydrogen-bond donors (Lipinski definition) is 1. The number of carbonyl (C=O) groups is 1. The van der Waals surface area contributed by atoms with Crippen LogP contribution in [0.4, 0.5) is 0 Å². The van der Waals surface area contributed by atoms with Gasteiger partial charge in [0.15, 0.2) is 0 Å². The summed E-state index contributed by atoms with van der Waals surface area (Å²) in [5.74, 6) is -0.112. The van der Waals surface area contributed by atoms with Gasteiger partial charge in [-0.1, -0.05) is 36.4 Å². The van der Waals surface area contributed by atoms with Crippen molar-refractivity contribution < 1.29 is 4.79 Å². The van der Waals surface area contributed by atoms with Gasteiger partial charge >= 0.3 is 0 Å². The summed E-state index contributed by atoms with van der Waals surface area (Å²) in [4.78, 5) is 16.9.